The lowest BCUT2D eigenvalue weighted by Gasteiger charge is -2.50. The quantitative estimate of drug-likeness (QED) is 0.906. The molecule has 1 saturated heterocycles. The average molecular weight is 327 g/mol. The molecule has 1 aliphatic carbocycles. The predicted octanol–water partition coefficient (Wildman–Crippen LogP) is 1.29. The van der Waals surface area contributed by atoms with Crippen LogP contribution in [0, 0.1) is 5.92 Å². The Morgan fingerprint density at radius 1 is 1.42 bits per heavy atom. The minimum Gasteiger partial charge on any atom is -0.364 e. The third-order valence-electron chi connectivity index (χ3n) is 5.01. The molecule has 1 fully saturated rings. The third kappa shape index (κ3) is 2.17. The van der Waals surface area contributed by atoms with Gasteiger partial charge in [-0.2, -0.15) is 5.10 Å². The van der Waals surface area contributed by atoms with Crippen molar-refractivity contribution in [3.63, 3.8) is 0 Å². The molecule has 0 spiro atoms. The van der Waals surface area contributed by atoms with Crippen LogP contribution in [0.2, 0.25) is 0 Å². The number of rotatable bonds is 3. The summed E-state index contributed by atoms with van der Waals surface area (Å²) in [6, 6.07) is 10.2. The summed E-state index contributed by atoms with van der Waals surface area (Å²) in [5, 5.41) is 4.21. The minimum atomic E-state index is -0.956. The molecule has 1 N–H and O–H groups in total. The summed E-state index contributed by atoms with van der Waals surface area (Å²) in [6.45, 7) is 3.98. The first-order valence-electron chi connectivity index (χ1n) is 8.23. The van der Waals surface area contributed by atoms with Crippen LogP contribution in [0.3, 0.4) is 0 Å². The molecule has 2 heterocycles. The number of nitrogens with one attached hydrogen (secondary N) is 1. The Bertz CT molecular complexity index is 715. The topological polar surface area (TPSA) is 63.2 Å². The highest BCUT2D eigenvalue weighted by atomic mass is 16.7. The van der Waals surface area contributed by atoms with Gasteiger partial charge in [0.05, 0.1) is 24.3 Å². The van der Waals surface area contributed by atoms with Gasteiger partial charge in [-0.1, -0.05) is 30.3 Å². The van der Waals surface area contributed by atoms with Crippen LogP contribution in [-0.2, 0) is 20.8 Å². The summed E-state index contributed by atoms with van der Waals surface area (Å²) < 4.78 is 12.0. The molecule has 0 aromatic heterocycles. The molecule has 3 atom stereocenters. The molecule has 0 unspecified atom stereocenters. The first-order chi connectivity index (χ1) is 11.7. The first-order valence-corrected chi connectivity index (χ1v) is 8.23. The van der Waals surface area contributed by atoms with E-state index in [1.807, 2.05) is 25.1 Å². The van der Waals surface area contributed by atoms with E-state index < -0.39 is 5.79 Å². The van der Waals surface area contributed by atoms with Gasteiger partial charge in [-0.3, -0.25) is 4.79 Å². The molecule has 6 nitrogen and oxygen atoms in total. The fourth-order valence-corrected chi connectivity index (χ4v) is 3.89. The van der Waals surface area contributed by atoms with Crippen molar-refractivity contribution in [2.75, 3.05) is 20.3 Å². The molecule has 0 amide bonds. The van der Waals surface area contributed by atoms with E-state index >= 15 is 0 Å². The van der Waals surface area contributed by atoms with Crippen molar-refractivity contribution in [3.8, 4) is 0 Å². The molecule has 1 aromatic rings. The fourth-order valence-electron chi connectivity index (χ4n) is 3.89. The largest absolute Gasteiger partial charge is 0.364 e. The van der Waals surface area contributed by atoms with Crippen LogP contribution < -0.4 is 5.43 Å². The number of allylic oxidation sites excluding steroid dienone is 1. The number of methoxy groups -OCH3 is 1. The molecule has 0 bridgehead atoms. The maximum Gasteiger partial charge on any atom is 0.220 e. The summed E-state index contributed by atoms with van der Waals surface area (Å²) in [4.78, 5) is 14.7. The molecule has 0 saturated carbocycles. The normalized spacial score (nSPS) is 31.8. The van der Waals surface area contributed by atoms with Gasteiger partial charge in [-0.15, -0.1) is 0 Å². The lowest BCUT2D eigenvalue weighted by Crippen LogP contribution is -2.62. The maximum atomic E-state index is 12.5. The van der Waals surface area contributed by atoms with Gasteiger partial charge in [0.1, 0.15) is 5.71 Å². The van der Waals surface area contributed by atoms with E-state index in [4.69, 9.17) is 9.47 Å². The van der Waals surface area contributed by atoms with Gasteiger partial charge in [-0.05, 0) is 12.5 Å². The van der Waals surface area contributed by atoms with Crippen molar-refractivity contribution in [1.29, 1.82) is 0 Å². The molecule has 3 aliphatic rings. The second-order valence-electron chi connectivity index (χ2n) is 6.41. The van der Waals surface area contributed by atoms with Crippen LogP contribution in [0.4, 0.5) is 0 Å². The summed E-state index contributed by atoms with van der Waals surface area (Å²) in [5.41, 5.74) is 5.48. The van der Waals surface area contributed by atoms with Crippen LogP contribution in [0.25, 0.3) is 0 Å². The van der Waals surface area contributed by atoms with Crippen molar-refractivity contribution < 1.29 is 14.3 Å². The van der Waals surface area contributed by atoms with Crippen molar-refractivity contribution >= 4 is 11.5 Å². The number of benzene rings is 1. The molecular weight excluding hydrogens is 306 g/mol. The van der Waals surface area contributed by atoms with Gasteiger partial charge in [0.25, 0.3) is 0 Å². The van der Waals surface area contributed by atoms with Gasteiger partial charge in [0.15, 0.2) is 0 Å². The monoisotopic (exact) mass is 327 g/mol. The lowest BCUT2D eigenvalue weighted by molar-refractivity contribution is -0.248. The van der Waals surface area contributed by atoms with E-state index in [1.165, 1.54) is 5.56 Å². The molecule has 0 radical (unpaired) electrons. The average Bonchev–Trinajstić information content (AvgIpc) is 3.00. The Kier molecular flexibility index (Phi) is 3.66. The number of carbonyl (C=O) groups is 1. The number of hydrogen-bond donors (Lipinski definition) is 1. The van der Waals surface area contributed by atoms with Crippen molar-refractivity contribution in [2.24, 2.45) is 11.0 Å². The second-order valence-corrected chi connectivity index (χ2v) is 6.41. The Morgan fingerprint density at radius 2 is 2.21 bits per heavy atom. The fraction of sp³-hybridized carbons (Fsp3) is 0.444. The minimum absolute atomic E-state index is 0.0238. The number of hydrazone groups is 1. The highest BCUT2D eigenvalue weighted by Gasteiger charge is 2.58. The molecule has 126 valence electrons. The summed E-state index contributed by atoms with van der Waals surface area (Å²) in [6.07, 6.45) is 1.63. The Balaban J connectivity index is 1.74. The van der Waals surface area contributed by atoms with E-state index in [0.717, 1.165) is 18.8 Å². The zero-order chi connectivity index (χ0) is 16.7. The molecule has 1 aromatic carbocycles. The number of ketones is 1. The standard InChI is InChI=1S/C18H21N3O3/c1-12-16-17(20-19-12)14(22)10-15-18(16,23-2)24-9-8-21(15)11-13-6-4-3-5-7-13/h3-7,10,12,16,19H,8-9,11H2,1-2H3/t12-,16+,18-/m1/s1. The number of hydrogen-bond acceptors (Lipinski definition) is 6. The van der Waals surface area contributed by atoms with Crippen LogP contribution >= 0.6 is 0 Å². The molecular formula is C18H21N3O3. The number of nitrogens with zero attached hydrogens (tertiary/aromatic N) is 2. The van der Waals surface area contributed by atoms with Crippen molar-refractivity contribution in [1.82, 2.24) is 10.3 Å². The Hall–Kier alpha value is -2.18. The van der Waals surface area contributed by atoms with Gasteiger partial charge < -0.3 is 19.8 Å². The summed E-state index contributed by atoms with van der Waals surface area (Å²) >= 11 is 0. The molecule has 24 heavy (non-hydrogen) atoms. The van der Waals surface area contributed by atoms with E-state index in [-0.39, 0.29) is 17.7 Å². The van der Waals surface area contributed by atoms with Gasteiger partial charge in [0.2, 0.25) is 11.6 Å². The lowest BCUT2D eigenvalue weighted by atomic mass is 9.78. The second kappa shape index (κ2) is 5.72. The van der Waals surface area contributed by atoms with Crippen LogP contribution in [-0.4, -0.2) is 48.5 Å². The Morgan fingerprint density at radius 3 is 2.96 bits per heavy atom. The van der Waals surface area contributed by atoms with Crippen LogP contribution in [0.15, 0.2) is 47.2 Å². The number of carbonyl (C=O) groups excluding carboxylic acids is 1. The SMILES string of the molecule is CO[C@@]12OCCN(Cc3ccccc3)C1=CC(=O)C1=NN[C@H](C)[C@@H]12. The first kappa shape index (κ1) is 15.4. The van der Waals surface area contributed by atoms with Crippen molar-refractivity contribution in [3.05, 3.63) is 47.7 Å². The van der Waals surface area contributed by atoms with Gasteiger partial charge >= 0.3 is 0 Å². The number of fused-ring (bicyclic) bond motifs is 3. The third-order valence-corrected chi connectivity index (χ3v) is 5.01. The summed E-state index contributed by atoms with van der Waals surface area (Å²) in [7, 11) is 1.64. The zero-order valence-electron chi connectivity index (χ0n) is 13.9. The Labute approximate surface area is 141 Å². The van der Waals surface area contributed by atoms with Crippen molar-refractivity contribution in [2.45, 2.75) is 25.3 Å². The van der Waals surface area contributed by atoms with E-state index in [0.29, 0.717) is 12.3 Å². The van der Waals surface area contributed by atoms with Crippen LogP contribution in [0.1, 0.15) is 12.5 Å². The number of morpholine rings is 1. The zero-order valence-corrected chi connectivity index (χ0v) is 13.9. The van der Waals surface area contributed by atoms with E-state index in [9.17, 15) is 4.79 Å². The van der Waals surface area contributed by atoms with Gasteiger partial charge in [-0.25, -0.2) is 0 Å². The smallest absolute Gasteiger partial charge is 0.220 e. The van der Waals surface area contributed by atoms with E-state index in [2.05, 4.69) is 27.6 Å². The predicted molar refractivity (Wildman–Crippen MR) is 89.2 cm³/mol. The molecule has 6 heteroatoms. The summed E-state index contributed by atoms with van der Waals surface area (Å²) in [5.74, 6) is -1.26. The maximum absolute atomic E-state index is 12.5. The highest BCUT2D eigenvalue weighted by molar-refractivity contribution is 6.46. The molecule has 2 aliphatic heterocycles. The highest BCUT2D eigenvalue weighted by Crippen LogP contribution is 2.43. The van der Waals surface area contributed by atoms with E-state index in [1.54, 1.807) is 13.2 Å². The number of ether oxygens (including phenoxy) is 2. The van der Waals surface area contributed by atoms with Gasteiger partial charge in [0, 0.05) is 26.3 Å². The molecule has 4 rings (SSSR count). The van der Waals surface area contributed by atoms with Crippen LogP contribution in [0.5, 0.6) is 0 Å².